The molecule has 0 radical (unpaired) electrons. The molecule has 1 aromatic rings. The molecule has 0 bridgehead atoms. The zero-order valence-electron chi connectivity index (χ0n) is 20.1. The lowest BCUT2D eigenvalue weighted by molar-refractivity contribution is -0.929. The Morgan fingerprint density at radius 3 is 2.03 bits per heavy atom. The van der Waals surface area contributed by atoms with E-state index in [4.69, 9.17) is 0 Å². The quantitative estimate of drug-likeness (QED) is 0.232. The van der Waals surface area contributed by atoms with Gasteiger partial charge in [-0.1, -0.05) is 30.3 Å². The maximum absolute atomic E-state index is 11.2. The molecule has 1 aromatic carbocycles. The Bertz CT molecular complexity index is 924. The topological polar surface area (TPSA) is 138 Å². The largest absolute Gasteiger partial charge is 0.748 e. The second kappa shape index (κ2) is 12.5. The van der Waals surface area contributed by atoms with Crippen LogP contribution in [0.1, 0.15) is 12.0 Å². The molecule has 33 heavy (non-hydrogen) atoms. The molecular weight excluding hydrogens is 470 g/mol. The number of hydrogen-bond donors (Lipinski definition) is 1. The minimum Gasteiger partial charge on any atom is -0.748 e. The maximum atomic E-state index is 11.2. The first-order valence-corrected chi connectivity index (χ1v) is 14.1. The van der Waals surface area contributed by atoms with E-state index in [-0.39, 0.29) is 24.1 Å². The molecule has 0 aromatic heterocycles. The summed E-state index contributed by atoms with van der Waals surface area (Å²) in [5.74, 6) is -1.00. The Morgan fingerprint density at radius 2 is 1.48 bits per heavy atom. The number of aliphatic hydroxyl groups excluding tert-OH is 1. The second-order valence-electron chi connectivity index (χ2n) is 9.85. The van der Waals surface area contributed by atoms with Gasteiger partial charge < -0.3 is 28.1 Å². The highest BCUT2D eigenvalue weighted by atomic mass is 32.2. The Labute approximate surface area is 199 Å². The fraction of sp³-hybridized carbons (Fsp3) is 0.714. The van der Waals surface area contributed by atoms with Crippen LogP contribution in [0.25, 0.3) is 0 Å². The molecule has 1 N–H and O–H groups in total. The fourth-order valence-corrected chi connectivity index (χ4v) is 5.21. The third-order valence-electron chi connectivity index (χ3n) is 5.65. The summed E-state index contributed by atoms with van der Waals surface area (Å²) in [6, 6.07) is 9.93. The van der Waals surface area contributed by atoms with Crippen LogP contribution in [0, 0.1) is 0 Å². The molecular formula is C21H39N3O7S2. The van der Waals surface area contributed by atoms with Crippen molar-refractivity contribution in [2.45, 2.75) is 19.1 Å². The summed E-state index contributed by atoms with van der Waals surface area (Å²) in [4.78, 5) is 1.72. The smallest absolute Gasteiger partial charge is 0.152 e. The summed E-state index contributed by atoms with van der Waals surface area (Å²) in [5.41, 5.74) is 1.15. The van der Waals surface area contributed by atoms with Gasteiger partial charge in [0.05, 0.1) is 55.9 Å². The van der Waals surface area contributed by atoms with Crippen LogP contribution in [0.2, 0.25) is 0 Å². The second-order valence-corrected chi connectivity index (χ2v) is 12.9. The van der Waals surface area contributed by atoms with Gasteiger partial charge in [-0.05, 0) is 7.05 Å². The van der Waals surface area contributed by atoms with E-state index in [0.29, 0.717) is 30.5 Å². The van der Waals surface area contributed by atoms with Gasteiger partial charge in [0.25, 0.3) is 0 Å². The Balaban J connectivity index is 2.72. The number of quaternary nitrogens is 2. The molecule has 0 saturated heterocycles. The zero-order valence-corrected chi connectivity index (χ0v) is 21.7. The van der Waals surface area contributed by atoms with E-state index in [9.17, 15) is 31.0 Å². The molecule has 0 heterocycles. The molecule has 12 heteroatoms. The first kappa shape index (κ1) is 29.9. The molecule has 1 rings (SSSR count). The van der Waals surface area contributed by atoms with Gasteiger partial charge in [0, 0.05) is 25.1 Å². The zero-order chi connectivity index (χ0) is 25.3. The highest BCUT2D eigenvalue weighted by Crippen LogP contribution is 2.14. The Kier molecular flexibility index (Phi) is 11.4. The molecule has 192 valence electrons. The van der Waals surface area contributed by atoms with Crippen molar-refractivity contribution >= 4 is 20.2 Å². The molecule has 0 aliphatic heterocycles. The fourth-order valence-electron chi connectivity index (χ4n) is 4.01. The van der Waals surface area contributed by atoms with Crippen molar-refractivity contribution in [2.24, 2.45) is 0 Å². The van der Waals surface area contributed by atoms with Crippen molar-refractivity contribution in [1.82, 2.24) is 4.90 Å². The summed E-state index contributed by atoms with van der Waals surface area (Å²) >= 11 is 0. The van der Waals surface area contributed by atoms with E-state index in [2.05, 4.69) is 0 Å². The van der Waals surface area contributed by atoms with E-state index >= 15 is 0 Å². The minimum absolute atomic E-state index is 0.0770. The molecule has 0 amide bonds. The van der Waals surface area contributed by atoms with Gasteiger partial charge in [-0.2, -0.15) is 0 Å². The van der Waals surface area contributed by atoms with Crippen molar-refractivity contribution in [3.8, 4) is 0 Å². The van der Waals surface area contributed by atoms with Crippen molar-refractivity contribution in [1.29, 1.82) is 0 Å². The minimum atomic E-state index is -4.40. The monoisotopic (exact) mass is 509 g/mol. The number of rotatable bonds is 16. The van der Waals surface area contributed by atoms with Gasteiger partial charge in [0.1, 0.15) is 29.8 Å². The standard InChI is InChI=1S/C21H39N3O7S2/c1-22(12-15-32(26,27)28)11-8-13-24(4,14-16-33(29,30)31)19-21(25)18-23(2,3)17-20-9-6-5-7-10-20/h5-7,9-10,21,25H,8,11-19H2,1-4H3. The lowest BCUT2D eigenvalue weighted by Crippen LogP contribution is -2.56. The SMILES string of the molecule is CN(CCC[N+](C)(CCS(=O)(=O)[O-])CC(O)C[N+](C)(C)Cc1ccccc1)CCS(=O)(=O)[O-]. The van der Waals surface area contributed by atoms with Crippen LogP contribution >= 0.6 is 0 Å². The third kappa shape index (κ3) is 14.7. The number of benzene rings is 1. The van der Waals surface area contributed by atoms with Crippen LogP contribution in [-0.4, -0.2) is 130 Å². The van der Waals surface area contributed by atoms with E-state index in [1.807, 2.05) is 51.5 Å². The van der Waals surface area contributed by atoms with E-state index in [0.717, 1.165) is 12.1 Å². The van der Waals surface area contributed by atoms with Gasteiger partial charge >= 0.3 is 0 Å². The van der Waals surface area contributed by atoms with Crippen molar-refractivity contribution < 1.29 is 40.0 Å². The molecule has 0 aliphatic carbocycles. The van der Waals surface area contributed by atoms with Crippen molar-refractivity contribution in [3.63, 3.8) is 0 Å². The molecule has 0 fully saturated rings. The number of likely N-dealkylation sites (N-methyl/N-ethyl adjacent to an activating group) is 2. The molecule has 0 spiro atoms. The average molecular weight is 510 g/mol. The number of aliphatic hydroxyl groups is 1. The Hall–Kier alpha value is -1.12. The van der Waals surface area contributed by atoms with Gasteiger partial charge in [0.2, 0.25) is 0 Å². The lowest BCUT2D eigenvalue weighted by atomic mass is 10.1. The lowest BCUT2D eigenvalue weighted by Gasteiger charge is -2.39. The summed E-state index contributed by atoms with van der Waals surface area (Å²) in [6.07, 6.45) is -0.133. The number of nitrogens with zero attached hydrogens (tertiary/aromatic N) is 3. The van der Waals surface area contributed by atoms with Crippen LogP contribution in [0.15, 0.2) is 30.3 Å². The highest BCUT2D eigenvalue weighted by molar-refractivity contribution is 7.85. The summed E-state index contributed by atoms with van der Waals surface area (Å²) in [6.45, 7) is 2.64. The highest BCUT2D eigenvalue weighted by Gasteiger charge is 2.30. The summed E-state index contributed by atoms with van der Waals surface area (Å²) < 4.78 is 66.8. The van der Waals surface area contributed by atoms with Crippen LogP contribution < -0.4 is 0 Å². The summed E-state index contributed by atoms with van der Waals surface area (Å²) in [5, 5.41) is 10.8. The van der Waals surface area contributed by atoms with Gasteiger partial charge in [-0.25, -0.2) is 16.8 Å². The third-order valence-corrected chi connectivity index (χ3v) is 7.02. The van der Waals surface area contributed by atoms with E-state index < -0.39 is 37.8 Å². The van der Waals surface area contributed by atoms with Gasteiger partial charge in [-0.15, -0.1) is 0 Å². The van der Waals surface area contributed by atoms with Gasteiger partial charge in [0.15, 0.2) is 6.10 Å². The first-order valence-electron chi connectivity index (χ1n) is 10.9. The van der Waals surface area contributed by atoms with Crippen LogP contribution in [0.4, 0.5) is 0 Å². The van der Waals surface area contributed by atoms with Crippen molar-refractivity contribution in [3.05, 3.63) is 35.9 Å². The normalized spacial score (nSPS) is 16.0. The molecule has 0 aliphatic rings. The van der Waals surface area contributed by atoms with Gasteiger partial charge in [-0.3, -0.25) is 0 Å². The Morgan fingerprint density at radius 1 is 0.909 bits per heavy atom. The van der Waals surface area contributed by atoms with E-state index in [1.54, 1.807) is 11.9 Å². The molecule has 0 saturated carbocycles. The summed E-state index contributed by atoms with van der Waals surface area (Å²) in [7, 11) is -1.13. The van der Waals surface area contributed by atoms with Crippen LogP contribution in [0.3, 0.4) is 0 Å². The predicted molar refractivity (Wildman–Crippen MR) is 125 cm³/mol. The van der Waals surface area contributed by atoms with Crippen LogP contribution in [0.5, 0.6) is 0 Å². The van der Waals surface area contributed by atoms with Crippen LogP contribution in [-0.2, 0) is 26.8 Å². The maximum Gasteiger partial charge on any atom is 0.152 e. The molecule has 2 atom stereocenters. The number of hydrogen-bond acceptors (Lipinski definition) is 8. The van der Waals surface area contributed by atoms with E-state index in [1.165, 1.54) is 0 Å². The average Bonchev–Trinajstić information content (AvgIpc) is 2.63. The van der Waals surface area contributed by atoms with Crippen molar-refractivity contribution in [2.75, 3.05) is 79.0 Å². The predicted octanol–water partition coefficient (Wildman–Crippen LogP) is -0.517. The first-order chi connectivity index (χ1) is 15.0. The molecule has 2 unspecified atom stereocenters. The molecule has 10 nitrogen and oxygen atoms in total.